The van der Waals surface area contributed by atoms with Crippen LogP contribution < -0.4 is 15.6 Å². The van der Waals surface area contributed by atoms with Crippen LogP contribution in [-0.2, 0) is 4.74 Å². The van der Waals surface area contributed by atoms with Crippen molar-refractivity contribution in [2.45, 2.75) is 76.3 Å². The van der Waals surface area contributed by atoms with Crippen molar-refractivity contribution in [3.8, 4) is 0 Å². The summed E-state index contributed by atoms with van der Waals surface area (Å²) in [4.78, 5) is 39.8. The van der Waals surface area contributed by atoms with E-state index >= 15 is 0 Å². The zero-order chi connectivity index (χ0) is 30.6. The molecule has 1 amide bonds. The van der Waals surface area contributed by atoms with E-state index in [2.05, 4.69) is 39.0 Å². The van der Waals surface area contributed by atoms with Crippen molar-refractivity contribution in [3.63, 3.8) is 0 Å². The second-order valence-corrected chi connectivity index (χ2v) is 13.7. The summed E-state index contributed by atoms with van der Waals surface area (Å²) < 4.78 is 10.7. The fourth-order valence-electron chi connectivity index (χ4n) is 5.60. The van der Waals surface area contributed by atoms with Gasteiger partial charge in [-0.1, -0.05) is 24.4 Å². The first-order valence-electron chi connectivity index (χ1n) is 15.1. The van der Waals surface area contributed by atoms with Crippen molar-refractivity contribution in [2.75, 3.05) is 44.6 Å². The molecule has 3 heterocycles. The Morgan fingerprint density at radius 2 is 1.88 bits per heavy atom. The molecule has 3 aromatic rings. The van der Waals surface area contributed by atoms with E-state index in [1.54, 1.807) is 33.7 Å². The number of pyridine rings is 1. The highest BCUT2D eigenvalue weighted by molar-refractivity contribution is 7.97. The van der Waals surface area contributed by atoms with Gasteiger partial charge in [0.1, 0.15) is 16.3 Å². The Balaban J connectivity index is 1.10. The molecule has 0 atom stereocenters. The average Bonchev–Trinajstić information content (AvgIpc) is 3.49. The number of anilines is 2. The molecule has 12 heteroatoms. The fraction of sp³-hybridized carbons (Fsp3) is 0.548. The number of ether oxygens (including phenoxy) is 1. The number of fused-ring (bicyclic) bond motifs is 1. The predicted octanol–water partition coefficient (Wildman–Crippen LogP) is 6.15. The van der Waals surface area contributed by atoms with E-state index in [0.29, 0.717) is 24.7 Å². The molecular weight excluding hydrogens is 586 g/mol. The van der Waals surface area contributed by atoms with Crippen LogP contribution in [0, 0.1) is 6.92 Å². The monoisotopic (exact) mass is 627 g/mol. The van der Waals surface area contributed by atoms with Gasteiger partial charge in [-0.15, -0.1) is 0 Å². The average molecular weight is 628 g/mol. The summed E-state index contributed by atoms with van der Waals surface area (Å²) in [5.41, 5.74) is 1.96. The van der Waals surface area contributed by atoms with Crippen LogP contribution in [0.1, 0.15) is 64.5 Å². The Kier molecular flexibility index (Phi) is 10.2. The first-order valence-corrected chi connectivity index (χ1v) is 16.3. The van der Waals surface area contributed by atoms with Crippen LogP contribution in [0.2, 0.25) is 5.02 Å². The number of hydrogen-bond acceptors (Lipinski definition) is 9. The minimum atomic E-state index is -0.462. The molecule has 1 aliphatic carbocycles. The molecule has 2 aromatic heterocycles. The standard InChI is InChI=1S/C31H42ClN7O3S/c1-21-18-24(43-34-12-7-13-37-14-16-38(17-15-37)30(41)42-31(2,3)4)10-11-26(21)35-29-33-20-22-19-25(32)28(40)39(27(22)36-29)23-8-5-6-9-23/h10-11,18-20,23,34H,5-9,12-17H2,1-4H3,(H,33,35,36). The summed E-state index contributed by atoms with van der Waals surface area (Å²) >= 11 is 7.89. The number of nitrogens with zero attached hydrogens (tertiary/aromatic N) is 5. The third kappa shape index (κ3) is 8.20. The number of benzene rings is 1. The third-order valence-electron chi connectivity index (χ3n) is 7.83. The first-order chi connectivity index (χ1) is 20.6. The topological polar surface area (TPSA) is 105 Å². The molecule has 43 heavy (non-hydrogen) atoms. The second-order valence-electron chi connectivity index (χ2n) is 12.3. The van der Waals surface area contributed by atoms with Gasteiger partial charge in [0.05, 0.1) is 0 Å². The summed E-state index contributed by atoms with van der Waals surface area (Å²) in [5.74, 6) is 0.453. The molecule has 1 saturated carbocycles. The highest BCUT2D eigenvalue weighted by Gasteiger charge is 2.26. The molecule has 0 unspecified atom stereocenters. The van der Waals surface area contributed by atoms with Gasteiger partial charge in [-0.05, 0) is 95.3 Å². The number of rotatable bonds is 9. The van der Waals surface area contributed by atoms with Gasteiger partial charge in [-0.25, -0.2) is 9.78 Å². The molecule has 2 aliphatic rings. The maximum Gasteiger partial charge on any atom is 0.410 e. The number of aromatic nitrogens is 3. The summed E-state index contributed by atoms with van der Waals surface area (Å²) in [7, 11) is 0. The van der Waals surface area contributed by atoms with Crippen molar-refractivity contribution in [2.24, 2.45) is 0 Å². The van der Waals surface area contributed by atoms with Crippen LogP contribution in [0.5, 0.6) is 0 Å². The number of nitrogens with one attached hydrogen (secondary N) is 2. The largest absolute Gasteiger partial charge is 0.444 e. The lowest BCUT2D eigenvalue weighted by molar-refractivity contribution is 0.0145. The highest BCUT2D eigenvalue weighted by Crippen LogP contribution is 2.31. The van der Waals surface area contributed by atoms with Crippen molar-refractivity contribution < 1.29 is 9.53 Å². The van der Waals surface area contributed by atoms with Gasteiger partial charge in [-0.3, -0.25) is 19.0 Å². The van der Waals surface area contributed by atoms with E-state index < -0.39 is 5.60 Å². The summed E-state index contributed by atoms with van der Waals surface area (Å²) in [6.07, 6.45) is 6.66. The van der Waals surface area contributed by atoms with Crippen LogP contribution in [0.4, 0.5) is 16.4 Å². The Bertz CT molecular complexity index is 1500. The Morgan fingerprint density at radius 1 is 1.14 bits per heavy atom. The summed E-state index contributed by atoms with van der Waals surface area (Å²) in [6, 6.07) is 8.01. The molecule has 1 aromatic carbocycles. The SMILES string of the molecule is Cc1cc(SNCCCN2CCN(C(=O)OC(C)(C)C)CC2)ccc1Nc1ncc2cc(Cl)c(=O)n(C3CCCC3)c2n1. The minimum Gasteiger partial charge on any atom is -0.444 e. The van der Waals surface area contributed by atoms with Gasteiger partial charge in [0, 0.05) is 60.9 Å². The fourth-order valence-corrected chi connectivity index (χ4v) is 6.59. The first kappa shape index (κ1) is 31.6. The number of carbonyl (C=O) groups excluding carboxylic acids is 1. The third-order valence-corrected chi connectivity index (χ3v) is 8.94. The van der Waals surface area contributed by atoms with Crippen molar-refractivity contribution in [1.82, 2.24) is 29.1 Å². The van der Waals surface area contributed by atoms with Crippen LogP contribution in [-0.4, -0.2) is 75.3 Å². The molecule has 1 saturated heterocycles. The zero-order valence-corrected chi connectivity index (χ0v) is 27.1. The van der Waals surface area contributed by atoms with Crippen LogP contribution in [0.25, 0.3) is 11.0 Å². The molecule has 2 fully saturated rings. The second kappa shape index (κ2) is 13.8. The molecule has 2 N–H and O–H groups in total. The van der Waals surface area contributed by atoms with Crippen molar-refractivity contribution in [1.29, 1.82) is 0 Å². The van der Waals surface area contributed by atoms with E-state index in [-0.39, 0.29) is 22.7 Å². The van der Waals surface area contributed by atoms with E-state index in [1.165, 1.54) is 0 Å². The summed E-state index contributed by atoms with van der Waals surface area (Å²) in [5, 5.41) is 4.31. The molecule has 232 valence electrons. The van der Waals surface area contributed by atoms with E-state index in [1.807, 2.05) is 26.8 Å². The van der Waals surface area contributed by atoms with Gasteiger partial charge >= 0.3 is 6.09 Å². The lowest BCUT2D eigenvalue weighted by atomic mass is 10.2. The zero-order valence-electron chi connectivity index (χ0n) is 25.5. The van der Waals surface area contributed by atoms with Crippen LogP contribution in [0.15, 0.2) is 40.2 Å². The number of hydrogen-bond donors (Lipinski definition) is 2. The molecule has 10 nitrogen and oxygen atoms in total. The van der Waals surface area contributed by atoms with E-state index in [9.17, 15) is 9.59 Å². The normalized spacial score (nSPS) is 16.6. The predicted molar refractivity (Wildman–Crippen MR) is 173 cm³/mol. The maximum absolute atomic E-state index is 12.9. The smallest absolute Gasteiger partial charge is 0.410 e. The van der Waals surface area contributed by atoms with E-state index in [4.69, 9.17) is 21.3 Å². The molecule has 0 spiro atoms. The number of amides is 1. The lowest BCUT2D eigenvalue weighted by Gasteiger charge is -2.35. The van der Waals surface area contributed by atoms with Gasteiger partial charge in [-0.2, -0.15) is 4.98 Å². The lowest BCUT2D eigenvalue weighted by Crippen LogP contribution is -2.50. The molecule has 0 bridgehead atoms. The Hall–Kier alpha value is -2.86. The maximum atomic E-state index is 12.9. The molecule has 0 radical (unpaired) electrons. The Labute approximate surface area is 262 Å². The minimum absolute atomic E-state index is 0.122. The van der Waals surface area contributed by atoms with Crippen molar-refractivity contribution >= 4 is 52.3 Å². The number of piperazine rings is 1. The molecular formula is C31H42ClN7O3S. The number of halogens is 1. The number of carbonyl (C=O) groups is 1. The van der Waals surface area contributed by atoms with Crippen molar-refractivity contribution in [3.05, 3.63) is 51.4 Å². The molecule has 5 rings (SSSR count). The summed E-state index contributed by atoms with van der Waals surface area (Å²) in [6.45, 7) is 12.8. The number of aryl methyl sites for hydroxylation is 1. The Morgan fingerprint density at radius 3 is 2.58 bits per heavy atom. The van der Waals surface area contributed by atoms with E-state index in [0.717, 1.165) is 79.8 Å². The van der Waals surface area contributed by atoms with Gasteiger partial charge in [0.25, 0.3) is 5.56 Å². The molecule has 1 aliphatic heterocycles. The van der Waals surface area contributed by atoms with Gasteiger partial charge < -0.3 is 15.0 Å². The van der Waals surface area contributed by atoms with Gasteiger partial charge in [0.15, 0.2) is 0 Å². The van der Waals surface area contributed by atoms with Crippen LogP contribution in [0.3, 0.4) is 0 Å². The highest BCUT2D eigenvalue weighted by atomic mass is 35.5. The van der Waals surface area contributed by atoms with Crippen LogP contribution >= 0.6 is 23.5 Å². The van der Waals surface area contributed by atoms with Gasteiger partial charge in [0.2, 0.25) is 5.95 Å². The quantitative estimate of drug-likeness (QED) is 0.213.